The second-order valence-electron chi connectivity index (χ2n) is 5.11. The number of carbonyl (C=O) groups is 1. The molecule has 3 aromatic rings. The molecule has 0 radical (unpaired) electrons. The van der Waals surface area contributed by atoms with E-state index < -0.39 is 17.5 Å². The van der Waals surface area contributed by atoms with Crippen LogP contribution in [0.2, 0.25) is 5.02 Å². The number of amides is 1. The molecular formula is C18H12ClF2N3O. The van der Waals surface area contributed by atoms with Crippen LogP contribution in [0.5, 0.6) is 0 Å². The second kappa shape index (κ2) is 7.27. The Balaban J connectivity index is 1.83. The molecule has 7 heteroatoms. The van der Waals surface area contributed by atoms with E-state index >= 15 is 0 Å². The Kier molecular flexibility index (Phi) is 4.90. The fourth-order valence-electron chi connectivity index (χ4n) is 2.13. The van der Waals surface area contributed by atoms with Gasteiger partial charge in [0, 0.05) is 17.6 Å². The molecule has 3 rings (SSSR count). The van der Waals surface area contributed by atoms with Gasteiger partial charge in [0.05, 0.1) is 10.6 Å². The van der Waals surface area contributed by atoms with Crippen molar-refractivity contribution < 1.29 is 13.6 Å². The summed E-state index contributed by atoms with van der Waals surface area (Å²) in [5.74, 6) is -1.07. The average molecular weight is 360 g/mol. The van der Waals surface area contributed by atoms with E-state index in [2.05, 4.69) is 15.6 Å². The molecule has 2 N–H and O–H groups in total. The summed E-state index contributed by atoms with van der Waals surface area (Å²) in [7, 11) is 0. The van der Waals surface area contributed by atoms with Gasteiger partial charge in [-0.3, -0.25) is 4.79 Å². The Labute approximate surface area is 147 Å². The molecule has 126 valence electrons. The number of halogens is 3. The van der Waals surface area contributed by atoms with Crippen LogP contribution in [0.4, 0.5) is 26.0 Å². The number of hydrogen-bond acceptors (Lipinski definition) is 3. The first-order chi connectivity index (χ1) is 12.0. The maximum atomic E-state index is 13.2. The molecule has 0 saturated heterocycles. The van der Waals surface area contributed by atoms with Crippen molar-refractivity contribution in [1.82, 2.24) is 4.98 Å². The third kappa shape index (κ3) is 4.10. The molecule has 0 bridgehead atoms. The lowest BCUT2D eigenvalue weighted by Crippen LogP contribution is -2.14. The summed E-state index contributed by atoms with van der Waals surface area (Å²) >= 11 is 5.76. The van der Waals surface area contributed by atoms with Crippen LogP contribution < -0.4 is 10.6 Å². The van der Waals surface area contributed by atoms with Gasteiger partial charge in [0.25, 0.3) is 5.91 Å². The van der Waals surface area contributed by atoms with Crippen LogP contribution in [-0.4, -0.2) is 10.9 Å². The van der Waals surface area contributed by atoms with E-state index in [1.54, 1.807) is 12.1 Å². The van der Waals surface area contributed by atoms with E-state index in [-0.39, 0.29) is 16.4 Å². The van der Waals surface area contributed by atoms with Crippen molar-refractivity contribution in [2.24, 2.45) is 0 Å². The number of aromatic nitrogens is 1. The minimum atomic E-state index is -0.539. The number of rotatable bonds is 4. The molecular weight excluding hydrogens is 348 g/mol. The number of nitrogens with zero attached hydrogens (tertiary/aromatic N) is 1. The van der Waals surface area contributed by atoms with E-state index in [0.717, 1.165) is 0 Å². The van der Waals surface area contributed by atoms with Gasteiger partial charge in [0.2, 0.25) is 0 Å². The van der Waals surface area contributed by atoms with Crippen molar-refractivity contribution in [3.63, 3.8) is 0 Å². The fraction of sp³-hybridized carbons (Fsp3) is 0. The minimum absolute atomic E-state index is 0.0433. The van der Waals surface area contributed by atoms with Crippen molar-refractivity contribution in [2.45, 2.75) is 0 Å². The van der Waals surface area contributed by atoms with Gasteiger partial charge in [-0.05, 0) is 54.6 Å². The van der Waals surface area contributed by atoms with E-state index in [1.807, 2.05) is 0 Å². The summed E-state index contributed by atoms with van der Waals surface area (Å²) in [4.78, 5) is 16.6. The Hall–Kier alpha value is -2.99. The van der Waals surface area contributed by atoms with Crippen molar-refractivity contribution in [3.05, 3.63) is 83.0 Å². The first-order valence-electron chi connectivity index (χ1n) is 7.27. The largest absolute Gasteiger partial charge is 0.340 e. The monoisotopic (exact) mass is 359 g/mol. The molecule has 0 aliphatic rings. The highest BCUT2D eigenvalue weighted by atomic mass is 35.5. The van der Waals surface area contributed by atoms with Crippen LogP contribution >= 0.6 is 11.6 Å². The highest BCUT2D eigenvalue weighted by Crippen LogP contribution is 2.24. The number of hydrogen-bond donors (Lipinski definition) is 2. The number of carbonyl (C=O) groups excluding carboxylic acids is 1. The molecule has 2 aromatic carbocycles. The Bertz CT molecular complexity index is 916. The summed E-state index contributed by atoms with van der Waals surface area (Å²) < 4.78 is 26.2. The lowest BCUT2D eigenvalue weighted by molar-refractivity contribution is 0.102. The fourth-order valence-corrected chi connectivity index (χ4v) is 2.31. The smallest absolute Gasteiger partial charge is 0.259 e. The van der Waals surface area contributed by atoms with Gasteiger partial charge in [0.15, 0.2) is 0 Å². The summed E-state index contributed by atoms with van der Waals surface area (Å²) in [6, 6.07) is 12.7. The van der Waals surface area contributed by atoms with Crippen molar-refractivity contribution >= 4 is 34.7 Å². The molecule has 0 fully saturated rings. The molecule has 1 heterocycles. The van der Waals surface area contributed by atoms with Gasteiger partial charge in [0.1, 0.15) is 17.5 Å². The molecule has 4 nitrogen and oxygen atoms in total. The maximum Gasteiger partial charge on any atom is 0.259 e. The zero-order chi connectivity index (χ0) is 17.8. The first kappa shape index (κ1) is 16.9. The number of pyridine rings is 1. The number of benzene rings is 2. The quantitative estimate of drug-likeness (QED) is 0.688. The van der Waals surface area contributed by atoms with Gasteiger partial charge < -0.3 is 10.6 Å². The maximum absolute atomic E-state index is 13.2. The summed E-state index contributed by atoms with van der Waals surface area (Å²) in [6.45, 7) is 0. The summed E-state index contributed by atoms with van der Waals surface area (Å²) in [6.07, 6.45) is 1.52. The number of anilines is 3. The van der Waals surface area contributed by atoms with Crippen LogP contribution in [0, 0.1) is 11.6 Å². The lowest BCUT2D eigenvalue weighted by Gasteiger charge is -2.11. The summed E-state index contributed by atoms with van der Waals surface area (Å²) in [5.41, 5.74) is 1.21. The molecule has 0 saturated carbocycles. The minimum Gasteiger partial charge on any atom is -0.340 e. The SMILES string of the molecule is O=C(Nc1ccc(F)cc1)c1cccnc1Nc1ccc(F)c(Cl)c1. The second-order valence-corrected chi connectivity index (χ2v) is 5.52. The topological polar surface area (TPSA) is 54.0 Å². The van der Waals surface area contributed by atoms with E-state index in [9.17, 15) is 13.6 Å². The standard InChI is InChI=1S/C18H12ClF2N3O/c19-15-10-13(7-8-16(15)21)23-17-14(2-1-9-22-17)18(25)24-12-5-3-11(20)4-6-12/h1-10H,(H,22,23)(H,24,25). The van der Waals surface area contributed by atoms with E-state index in [0.29, 0.717) is 11.4 Å². The third-order valence-corrected chi connectivity index (χ3v) is 3.63. The zero-order valence-corrected chi connectivity index (χ0v) is 13.5. The first-order valence-corrected chi connectivity index (χ1v) is 7.65. The molecule has 0 atom stereocenters. The predicted molar refractivity (Wildman–Crippen MR) is 93.3 cm³/mol. The van der Waals surface area contributed by atoms with Gasteiger partial charge in [-0.25, -0.2) is 13.8 Å². The molecule has 1 amide bonds. The van der Waals surface area contributed by atoms with Gasteiger partial charge in [-0.15, -0.1) is 0 Å². The lowest BCUT2D eigenvalue weighted by atomic mass is 10.2. The Morgan fingerprint density at radius 1 is 1.00 bits per heavy atom. The van der Waals surface area contributed by atoms with Crippen molar-refractivity contribution in [2.75, 3.05) is 10.6 Å². The van der Waals surface area contributed by atoms with Crippen molar-refractivity contribution in [1.29, 1.82) is 0 Å². The average Bonchev–Trinajstić information content (AvgIpc) is 2.60. The van der Waals surface area contributed by atoms with Gasteiger partial charge in [-0.1, -0.05) is 11.6 Å². The molecule has 0 aliphatic carbocycles. The Morgan fingerprint density at radius 2 is 1.72 bits per heavy atom. The van der Waals surface area contributed by atoms with Crippen LogP contribution in [0.1, 0.15) is 10.4 Å². The highest BCUT2D eigenvalue weighted by molar-refractivity contribution is 6.31. The van der Waals surface area contributed by atoms with Crippen molar-refractivity contribution in [3.8, 4) is 0 Å². The van der Waals surface area contributed by atoms with Crippen LogP contribution in [0.3, 0.4) is 0 Å². The van der Waals surface area contributed by atoms with E-state index in [1.165, 1.54) is 48.7 Å². The van der Waals surface area contributed by atoms with Gasteiger partial charge in [-0.2, -0.15) is 0 Å². The summed E-state index contributed by atoms with van der Waals surface area (Å²) in [5, 5.41) is 5.55. The number of nitrogens with one attached hydrogen (secondary N) is 2. The zero-order valence-electron chi connectivity index (χ0n) is 12.8. The van der Waals surface area contributed by atoms with Gasteiger partial charge >= 0.3 is 0 Å². The molecule has 0 spiro atoms. The third-order valence-electron chi connectivity index (χ3n) is 3.34. The predicted octanol–water partition coefficient (Wildman–Crippen LogP) is 5.01. The molecule has 0 aliphatic heterocycles. The normalized spacial score (nSPS) is 10.4. The Morgan fingerprint density at radius 3 is 2.44 bits per heavy atom. The molecule has 25 heavy (non-hydrogen) atoms. The van der Waals surface area contributed by atoms with Crippen LogP contribution in [0.15, 0.2) is 60.8 Å². The van der Waals surface area contributed by atoms with Crippen LogP contribution in [0.25, 0.3) is 0 Å². The molecule has 1 aromatic heterocycles. The highest BCUT2D eigenvalue weighted by Gasteiger charge is 2.13. The van der Waals surface area contributed by atoms with Crippen LogP contribution in [-0.2, 0) is 0 Å². The van der Waals surface area contributed by atoms with E-state index in [4.69, 9.17) is 11.6 Å². The molecule has 0 unspecified atom stereocenters.